The molecule has 5 heteroatoms. The van der Waals surface area contributed by atoms with Crippen molar-refractivity contribution in [1.82, 2.24) is 0 Å². The lowest BCUT2D eigenvalue weighted by molar-refractivity contribution is -0.171. The van der Waals surface area contributed by atoms with Crippen LogP contribution < -0.4 is 0 Å². The number of ketones is 1. The first-order valence-electron chi connectivity index (χ1n) is 4.07. The molecule has 0 amide bonds. The largest absolute Gasteiger partial charge is 0.476 e. The van der Waals surface area contributed by atoms with Crippen LogP contribution >= 0.6 is 0 Å². The van der Waals surface area contributed by atoms with E-state index in [9.17, 15) is 18.4 Å². The molecular formula is C8H12F2O3. The highest BCUT2D eigenvalue weighted by Crippen LogP contribution is 2.18. The highest BCUT2D eigenvalue weighted by molar-refractivity contribution is 6.04. The van der Waals surface area contributed by atoms with Crippen molar-refractivity contribution in [3.63, 3.8) is 0 Å². The maximum absolute atomic E-state index is 12.4. The second kappa shape index (κ2) is 4.89. The van der Waals surface area contributed by atoms with E-state index in [4.69, 9.17) is 5.11 Å². The Morgan fingerprint density at radius 1 is 1.31 bits per heavy atom. The third kappa shape index (κ3) is 3.48. The molecular weight excluding hydrogens is 182 g/mol. The molecule has 0 bridgehead atoms. The molecule has 0 aliphatic carbocycles. The van der Waals surface area contributed by atoms with Crippen LogP contribution in [-0.4, -0.2) is 22.8 Å². The van der Waals surface area contributed by atoms with Crippen molar-refractivity contribution in [2.75, 3.05) is 0 Å². The topological polar surface area (TPSA) is 54.4 Å². The summed E-state index contributed by atoms with van der Waals surface area (Å²) in [6, 6.07) is 0. The minimum absolute atomic E-state index is 0.318. The van der Waals surface area contributed by atoms with Crippen molar-refractivity contribution in [2.24, 2.45) is 0 Å². The van der Waals surface area contributed by atoms with Crippen LogP contribution in [0.5, 0.6) is 0 Å². The number of carbonyl (C=O) groups is 2. The number of halogens is 2. The minimum Gasteiger partial charge on any atom is -0.476 e. The molecule has 76 valence electrons. The zero-order chi connectivity index (χ0) is 10.5. The Bertz CT molecular complexity index is 202. The SMILES string of the molecule is CCCCCC(=O)C(F)(F)C(=O)O. The van der Waals surface area contributed by atoms with Gasteiger partial charge in [0.2, 0.25) is 5.78 Å². The Hall–Kier alpha value is -1.00. The third-order valence-electron chi connectivity index (χ3n) is 1.63. The summed E-state index contributed by atoms with van der Waals surface area (Å²) in [4.78, 5) is 20.6. The van der Waals surface area contributed by atoms with Crippen molar-refractivity contribution >= 4 is 11.8 Å². The summed E-state index contributed by atoms with van der Waals surface area (Å²) in [7, 11) is 0. The molecule has 1 N–H and O–H groups in total. The van der Waals surface area contributed by atoms with Crippen LogP contribution in [0.3, 0.4) is 0 Å². The highest BCUT2D eigenvalue weighted by Gasteiger charge is 2.46. The fourth-order valence-corrected chi connectivity index (χ4v) is 0.812. The van der Waals surface area contributed by atoms with Crippen molar-refractivity contribution in [1.29, 1.82) is 0 Å². The fourth-order valence-electron chi connectivity index (χ4n) is 0.812. The van der Waals surface area contributed by atoms with Gasteiger partial charge in [-0.1, -0.05) is 19.8 Å². The first-order valence-corrected chi connectivity index (χ1v) is 4.07. The molecule has 0 aromatic carbocycles. The zero-order valence-corrected chi connectivity index (χ0v) is 7.35. The fraction of sp³-hybridized carbons (Fsp3) is 0.750. The summed E-state index contributed by atoms with van der Waals surface area (Å²) in [6.45, 7) is 1.86. The van der Waals surface area contributed by atoms with Gasteiger partial charge in [0.15, 0.2) is 0 Å². The molecule has 0 heterocycles. The molecule has 0 aromatic heterocycles. The van der Waals surface area contributed by atoms with E-state index >= 15 is 0 Å². The summed E-state index contributed by atoms with van der Waals surface area (Å²) in [6.07, 6.45) is 1.40. The van der Waals surface area contributed by atoms with E-state index in [0.717, 1.165) is 6.42 Å². The Kier molecular flexibility index (Phi) is 4.51. The van der Waals surface area contributed by atoms with E-state index in [1.807, 2.05) is 6.92 Å². The van der Waals surface area contributed by atoms with Crippen LogP contribution in [0.2, 0.25) is 0 Å². The van der Waals surface area contributed by atoms with Crippen molar-refractivity contribution in [2.45, 2.75) is 38.5 Å². The molecule has 0 aliphatic rings. The highest BCUT2D eigenvalue weighted by atomic mass is 19.3. The summed E-state index contributed by atoms with van der Waals surface area (Å²) < 4.78 is 24.8. The molecule has 0 unspecified atom stereocenters. The molecule has 0 aliphatic heterocycles. The van der Waals surface area contributed by atoms with E-state index < -0.39 is 17.7 Å². The number of Topliss-reactive ketones (excluding diaryl/α,β-unsaturated/α-hetero) is 1. The Labute approximate surface area is 74.7 Å². The molecule has 0 saturated carbocycles. The van der Waals surface area contributed by atoms with Gasteiger partial charge in [-0.15, -0.1) is 0 Å². The lowest BCUT2D eigenvalue weighted by atomic mass is 10.1. The molecule has 0 aromatic rings. The summed E-state index contributed by atoms with van der Waals surface area (Å²) in [5.41, 5.74) is 0. The second-order valence-electron chi connectivity index (χ2n) is 2.76. The second-order valence-corrected chi connectivity index (χ2v) is 2.76. The van der Waals surface area contributed by atoms with Crippen LogP contribution in [-0.2, 0) is 9.59 Å². The maximum Gasteiger partial charge on any atom is 0.399 e. The van der Waals surface area contributed by atoms with Gasteiger partial charge in [-0.05, 0) is 6.42 Å². The maximum atomic E-state index is 12.4. The van der Waals surface area contributed by atoms with E-state index in [1.54, 1.807) is 0 Å². The van der Waals surface area contributed by atoms with E-state index in [0.29, 0.717) is 12.8 Å². The van der Waals surface area contributed by atoms with Crippen LogP contribution in [0.4, 0.5) is 8.78 Å². The lowest BCUT2D eigenvalue weighted by Gasteiger charge is -2.08. The third-order valence-corrected chi connectivity index (χ3v) is 1.63. The number of alkyl halides is 2. The Morgan fingerprint density at radius 3 is 2.23 bits per heavy atom. The molecule has 0 spiro atoms. The van der Waals surface area contributed by atoms with Crippen molar-refractivity contribution < 1.29 is 23.5 Å². The normalized spacial score (nSPS) is 11.3. The van der Waals surface area contributed by atoms with Gasteiger partial charge in [0.1, 0.15) is 0 Å². The number of rotatable bonds is 6. The van der Waals surface area contributed by atoms with Gasteiger partial charge in [-0.3, -0.25) is 4.79 Å². The average molecular weight is 194 g/mol. The Morgan fingerprint density at radius 2 is 1.85 bits per heavy atom. The molecule has 0 atom stereocenters. The van der Waals surface area contributed by atoms with Crippen LogP contribution in [0.15, 0.2) is 0 Å². The van der Waals surface area contributed by atoms with Crippen molar-refractivity contribution in [3.8, 4) is 0 Å². The standard InChI is InChI=1S/C8H12F2O3/c1-2-3-4-5-6(11)8(9,10)7(12)13/h2-5H2,1H3,(H,12,13). The van der Waals surface area contributed by atoms with Crippen LogP contribution in [0.1, 0.15) is 32.6 Å². The van der Waals surface area contributed by atoms with Crippen LogP contribution in [0.25, 0.3) is 0 Å². The van der Waals surface area contributed by atoms with E-state index in [1.165, 1.54) is 0 Å². The van der Waals surface area contributed by atoms with Gasteiger partial charge in [0.05, 0.1) is 0 Å². The number of hydrogen-bond donors (Lipinski definition) is 1. The number of unbranched alkanes of at least 4 members (excludes halogenated alkanes) is 2. The Balaban J connectivity index is 4.03. The minimum atomic E-state index is -4.21. The zero-order valence-electron chi connectivity index (χ0n) is 7.35. The summed E-state index contributed by atoms with van der Waals surface area (Å²) >= 11 is 0. The number of carbonyl (C=O) groups excluding carboxylic acids is 1. The van der Waals surface area contributed by atoms with Gasteiger partial charge >= 0.3 is 11.9 Å². The van der Waals surface area contributed by atoms with Gasteiger partial charge in [0.25, 0.3) is 0 Å². The van der Waals surface area contributed by atoms with Gasteiger partial charge in [0, 0.05) is 6.42 Å². The number of carboxylic acid groups (broad SMARTS) is 1. The summed E-state index contributed by atoms with van der Waals surface area (Å²) in [5, 5.41) is 8.00. The predicted octanol–water partition coefficient (Wildman–Crippen LogP) is 1.86. The van der Waals surface area contributed by atoms with Gasteiger partial charge in [-0.25, -0.2) is 4.79 Å². The van der Waals surface area contributed by atoms with E-state index in [-0.39, 0.29) is 6.42 Å². The molecule has 3 nitrogen and oxygen atoms in total. The molecule has 0 saturated heterocycles. The molecule has 0 fully saturated rings. The number of hydrogen-bond acceptors (Lipinski definition) is 2. The predicted molar refractivity (Wildman–Crippen MR) is 41.7 cm³/mol. The lowest BCUT2D eigenvalue weighted by Crippen LogP contribution is -2.37. The monoisotopic (exact) mass is 194 g/mol. The van der Waals surface area contributed by atoms with E-state index in [2.05, 4.69) is 0 Å². The van der Waals surface area contributed by atoms with Crippen LogP contribution in [0, 0.1) is 0 Å². The number of aliphatic carboxylic acids is 1. The molecule has 0 radical (unpaired) electrons. The van der Waals surface area contributed by atoms with Crippen molar-refractivity contribution in [3.05, 3.63) is 0 Å². The molecule has 0 rings (SSSR count). The van der Waals surface area contributed by atoms with Gasteiger partial charge in [-0.2, -0.15) is 8.78 Å². The average Bonchev–Trinajstić information content (AvgIpc) is 2.04. The van der Waals surface area contributed by atoms with Gasteiger partial charge < -0.3 is 5.11 Å². The number of carboxylic acids is 1. The molecule has 13 heavy (non-hydrogen) atoms. The first-order chi connectivity index (χ1) is 5.92. The smallest absolute Gasteiger partial charge is 0.399 e. The quantitative estimate of drug-likeness (QED) is 0.518. The summed E-state index contributed by atoms with van der Waals surface area (Å²) in [5.74, 6) is -8.09. The first kappa shape index (κ1) is 12.0.